The second-order valence-electron chi connectivity index (χ2n) is 7.52. The summed E-state index contributed by atoms with van der Waals surface area (Å²) in [6, 6.07) is 0. The van der Waals surface area contributed by atoms with Crippen LogP contribution in [-0.4, -0.2) is 30.6 Å². The van der Waals surface area contributed by atoms with Crippen molar-refractivity contribution in [1.29, 1.82) is 0 Å². The molecule has 3 saturated carbocycles. The molecule has 0 radical (unpaired) electrons. The Balaban J connectivity index is 1.40. The molecule has 0 spiro atoms. The molecule has 0 heterocycles. The maximum absolute atomic E-state index is 6.45. The average molecular weight is 250 g/mol. The van der Waals surface area contributed by atoms with Gasteiger partial charge in [-0.2, -0.15) is 0 Å². The van der Waals surface area contributed by atoms with Crippen molar-refractivity contribution >= 4 is 0 Å². The molecule has 0 aromatic carbocycles. The number of fused-ring (bicyclic) bond motifs is 2. The normalized spacial score (nSPS) is 37.8. The quantitative estimate of drug-likeness (QED) is 0.812. The molecule has 3 aliphatic rings. The van der Waals surface area contributed by atoms with Crippen LogP contribution >= 0.6 is 0 Å². The third kappa shape index (κ3) is 2.75. The van der Waals surface area contributed by atoms with Crippen molar-refractivity contribution in [3.05, 3.63) is 0 Å². The number of rotatable bonds is 5. The Kier molecular flexibility index (Phi) is 3.68. The first-order valence-electron chi connectivity index (χ1n) is 8.12. The molecule has 3 fully saturated rings. The van der Waals surface area contributed by atoms with Gasteiger partial charge in [0.25, 0.3) is 0 Å². The largest absolute Gasteiger partial charge is 0.325 e. The van der Waals surface area contributed by atoms with Crippen LogP contribution in [0.4, 0.5) is 0 Å². The van der Waals surface area contributed by atoms with Crippen molar-refractivity contribution in [3.63, 3.8) is 0 Å². The van der Waals surface area contributed by atoms with Gasteiger partial charge in [0.15, 0.2) is 0 Å². The second kappa shape index (κ2) is 5.13. The van der Waals surface area contributed by atoms with Crippen LogP contribution in [0.15, 0.2) is 0 Å². The van der Waals surface area contributed by atoms with E-state index in [1.54, 1.807) is 6.42 Å². The first-order valence-corrected chi connectivity index (χ1v) is 8.12. The molecule has 3 rings (SSSR count). The van der Waals surface area contributed by atoms with E-state index in [-0.39, 0.29) is 5.54 Å². The van der Waals surface area contributed by atoms with Crippen LogP contribution in [0.1, 0.15) is 57.8 Å². The summed E-state index contributed by atoms with van der Waals surface area (Å²) in [5.41, 5.74) is 6.63. The molecule has 18 heavy (non-hydrogen) atoms. The van der Waals surface area contributed by atoms with Crippen LogP contribution < -0.4 is 5.73 Å². The van der Waals surface area contributed by atoms with E-state index in [1.165, 1.54) is 64.5 Å². The maximum Gasteiger partial charge on any atom is 0.0166 e. The van der Waals surface area contributed by atoms with E-state index < -0.39 is 0 Å². The fourth-order valence-electron chi connectivity index (χ4n) is 4.83. The topological polar surface area (TPSA) is 29.3 Å². The van der Waals surface area contributed by atoms with Gasteiger partial charge in [0.05, 0.1) is 0 Å². The van der Waals surface area contributed by atoms with Gasteiger partial charge in [-0.05, 0) is 69.9 Å². The lowest BCUT2D eigenvalue weighted by Crippen LogP contribution is -2.40. The molecule has 0 aromatic heterocycles. The van der Waals surface area contributed by atoms with Gasteiger partial charge in [-0.3, -0.25) is 0 Å². The molecule has 0 saturated heterocycles. The predicted octanol–water partition coefficient (Wildman–Crippen LogP) is 3.02. The predicted molar refractivity (Wildman–Crippen MR) is 76.4 cm³/mol. The minimum Gasteiger partial charge on any atom is -0.325 e. The Morgan fingerprint density at radius 1 is 1.17 bits per heavy atom. The van der Waals surface area contributed by atoms with E-state index in [0.29, 0.717) is 0 Å². The molecular weight excluding hydrogens is 220 g/mol. The summed E-state index contributed by atoms with van der Waals surface area (Å²) in [4.78, 5) is 2.57. The average Bonchev–Trinajstić information content (AvgIpc) is 3.03. The standard InChI is InChI=1S/C16H30N2/c1-18(9-8-16(17)6-2-3-7-16)12-15-11-13-4-5-14(15)10-13/h13-15H,2-12,17H2,1H3. The van der Waals surface area contributed by atoms with Crippen molar-refractivity contribution in [3.8, 4) is 0 Å². The van der Waals surface area contributed by atoms with Crippen LogP contribution in [0.3, 0.4) is 0 Å². The molecule has 3 unspecified atom stereocenters. The van der Waals surface area contributed by atoms with Crippen LogP contribution in [0.2, 0.25) is 0 Å². The Labute approximate surface area is 112 Å². The molecular formula is C16H30N2. The lowest BCUT2D eigenvalue weighted by Gasteiger charge is -2.30. The van der Waals surface area contributed by atoms with Gasteiger partial charge < -0.3 is 10.6 Å². The van der Waals surface area contributed by atoms with Crippen molar-refractivity contribution < 1.29 is 0 Å². The van der Waals surface area contributed by atoms with Gasteiger partial charge in [0, 0.05) is 12.1 Å². The molecule has 3 atom stereocenters. The zero-order valence-electron chi connectivity index (χ0n) is 12.0. The zero-order chi connectivity index (χ0) is 12.6. The third-order valence-corrected chi connectivity index (χ3v) is 6.02. The number of nitrogens with two attached hydrogens (primary N) is 1. The molecule has 104 valence electrons. The highest BCUT2D eigenvalue weighted by atomic mass is 15.1. The van der Waals surface area contributed by atoms with Crippen LogP contribution in [-0.2, 0) is 0 Å². The first-order chi connectivity index (χ1) is 8.65. The number of hydrogen-bond acceptors (Lipinski definition) is 2. The summed E-state index contributed by atoms with van der Waals surface area (Å²) in [6.45, 7) is 2.54. The monoisotopic (exact) mass is 250 g/mol. The Bertz CT molecular complexity index is 283. The van der Waals surface area contributed by atoms with E-state index in [9.17, 15) is 0 Å². The minimum absolute atomic E-state index is 0.183. The number of hydrogen-bond donors (Lipinski definition) is 1. The summed E-state index contributed by atoms with van der Waals surface area (Å²) >= 11 is 0. The molecule has 3 aliphatic carbocycles. The fourth-order valence-corrected chi connectivity index (χ4v) is 4.83. The van der Waals surface area contributed by atoms with Crippen LogP contribution in [0.25, 0.3) is 0 Å². The SMILES string of the molecule is CN(CCC1(N)CCCC1)CC1CC2CCC1C2. The maximum atomic E-state index is 6.45. The van der Waals surface area contributed by atoms with Gasteiger partial charge in [-0.15, -0.1) is 0 Å². The molecule has 2 nitrogen and oxygen atoms in total. The van der Waals surface area contributed by atoms with Crippen molar-refractivity contribution in [2.75, 3.05) is 20.1 Å². The first kappa shape index (κ1) is 12.9. The van der Waals surface area contributed by atoms with Crippen molar-refractivity contribution in [1.82, 2.24) is 4.90 Å². The molecule has 2 bridgehead atoms. The Morgan fingerprint density at radius 3 is 2.56 bits per heavy atom. The van der Waals surface area contributed by atoms with Gasteiger partial charge >= 0.3 is 0 Å². The third-order valence-electron chi connectivity index (χ3n) is 6.02. The highest BCUT2D eigenvalue weighted by Gasteiger charge is 2.39. The van der Waals surface area contributed by atoms with Gasteiger partial charge in [-0.1, -0.05) is 19.3 Å². The van der Waals surface area contributed by atoms with E-state index >= 15 is 0 Å². The smallest absolute Gasteiger partial charge is 0.0166 e. The Morgan fingerprint density at radius 2 is 1.94 bits per heavy atom. The summed E-state index contributed by atoms with van der Waals surface area (Å²) in [7, 11) is 2.31. The van der Waals surface area contributed by atoms with Gasteiger partial charge in [0.2, 0.25) is 0 Å². The molecule has 0 aliphatic heterocycles. The molecule has 2 N–H and O–H groups in total. The highest BCUT2D eigenvalue weighted by molar-refractivity contribution is 4.92. The minimum atomic E-state index is 0.183. The van der Waals surface area contributed by atoms with Crippen LogP contribution in [0.5, 0.6) is 0 Å². The summed E-state index contributed by atoms with van der Waals surface area (Å²) < 4.78 is 0. The molecule has 2 heteroatoms. The van der Waals surface area contributed by atoms with E-state index in [1.807, 2.05) is 0 Å². The van der Waals surface area contributed by atoms with Crippen molar-refractivity contribution in [2.24, 2.45) is 23.5 Å². The zero-order valence-corrected chi connectivity index (χ0v) is 12.0. The summed E-state index contributed by atoms with van der Waals surface area (Å²) in [6.07, 6.45) is 12.5. The fraction of sp³-hybridized carbons (Fsp3) is 1.00. The Hall–Kier alpha value is -0.0800. The van der Waals surface area contributed by atoms with Gasteiger partial charge in [-0.25, -0.2) is 0 Å². The number of nitrogens with zero attached hydrogens (tertiary/aromatic N) is 1. The molecule has 0 aromatic rings. The lowest BCUT2D eigenvalue weighted by molar-refractivity contribution is 0.204. The summed E-state index contributed by atoms with van der Waals surface area (Å²) in [5.74, 6) is 3.16. The van der Waals surface area contributed by atoms with E-state index in [4.69, 9.17) is 5.73 Å². The van der Waals surface area contributed by atoms with Crippen LogP contribution in [0, 0.1) is 17.8 Å². The highest BCUT2D eigenvalue weighted by Crippen LogP contribution is 2.48. The van der Waals surface area contributed by atoms with Crippen molar-refractivity contribution in [2.45, 2.75) is 63.3 Å². The summed E-state index contributed by atoms with van der Waals surface area (Å²) in [5, 5.41) is 0. The van der Waals surface area contributed by atoms with Gasteiger partial charge in [0.1, 0.15) is 0 Å². The van der Waals surface area contributed by atoms with E-state index in [0.717, 1.165) is 17.8 Å². The lowest BCUT2D eigenvalue weighted by atomic mass is 9.88. The van der Waals surface area contributed by atoms with E-state index in [2.05, 4.69) is 11.9 Å². The second-order valence-corrected chi connectivity index (χ2v) is 7.52. The molecule has 0 amide bonds.